The summed E-state index contributed by atoms with van der Waals surface area (Å²) in [6.07, 6.45) is 6.06. The van der Waals surface area contributed by atoms with Crippen LogP contribution in [0.15, 0.2) is 48.9 Å². The van der Waals surface area contributed by atoms with Crippen molar-refractivity contribution in [2.24, 2.45) is 11.8 Å². The van der Waals surface area contributed by atoms with Crippen molar-refractivity contribution < 1.29 is 69.9 Å². The first-order valence-electron chi connectivity index (χ1n) is 19.5. The molecule has 6 rings (SSSR count). The summed E-state index contributed by atoms with van der Waals surface area (Å²) in [7, 11) is 2.22. The molecule has 0 saturated carbocycles. The van der Waals surface area contributed by atoms with E-state index in [0.717, 1.165) is 54.7 Å². The highest BCUT2D eigenvalue weighted by molar-refractivity contribution is 5.96. The van der Waals surface area contributed by atoms with Crippen LogP contribution in [0.2, 0.25) is 0 Å². The standard InChI is InChI=1S/C41H50F4N8O5.HI/c1-7-26-18-28(50-35-36-47-20-31(52(36)15-14-46-35)30-10-11-32(57-39(44)45)34(43)33(30)42)8-9-29(26)38(55)49-24(2)19-48-37(54)27-12-16-53(6,17-13-27)23-25-21-51(22-25)40(56)58-41(3,4)5;/h8-11,14-15,18,20,24-25,27,39H,7,12-13,16-17,19,21-23H2,1-6H3,(H2-,46,48,49,50,54,55);1H. The number of ether oxygens (including phenoxy) is 2. The summed E-state index contributed by atoms with van der Waals surface area (Å²) in [5, 5.41) is 9.20. The third kappa shape index (κ3) is 10.9. The molecule has 4 heterocycles. The molecular formula is C41H51F4IN8O5. The van der Waals surface area contributed by atoms with Gasteiger partial charge in [0, 0.05) is 79.6 Å². The fourth-order valence-electron chi connectivity index (χ4n) is 7.62. The topological polar surface area (TPSA) is 139 Å². The van der Waals surface area contributed by atoms with Gasteiger partial charge in [-0.15, -0.1) is 0 Å². The van der Waals surface area contributed by atoms with Crippen LogP contribution in [-0.2, 0) is 16.0 Å². The Kier molecular flexibility index (Phi) is 14.4. The third-order valence-corrected chi connectivity index (χ3v) is 10.6. The summed E-state index contributed by atoms with van der Waals surface area (Å²) in [5.74, 6) is -3.51. The fourth-order valence-corrected chi connectivity index (χ4v) is 7.62. The number of nitrogens with zero attached hydrogens (tertiary/aromatic N) is 5. The number of imidazole rings is 1. The summed E-state index contributed by atoms with van der Waals surface area (Å²) in [6, 6.07) is 6.93. The van der Waals surface area contributed by atoms with E-state index in [9.17, 15) is 31.9 Å². The number of aromatic nitrogens is 3. The monoisotopic (exact) mass is 938 g/mol. The molecule has 0 aliphatic carbocycles. The molecule has 1 unspecified atom stereocenters. The van der Waals surface area contributed by atoms with Crippen LogP contribution in [0.4, 0.5) is 33.9 Å². The molecule has 2 saturated heterocycles. The lowest BCUT2D eigenvalue weighted by atomic mass is 9.91. The fraction of sp³-hybridized carbons (Fsp3) is 0.488. The second-order valence-corrected chi connectivity index (χ2v) is 16.5. The van der Waals surface area contributed by atoms with Crippen LogP contribution in [0.3, 0.4) is 0 Å². The summed E-state index contributed by atoms with van der Waals surface area (Å²) in [5.41, 5.74) is 1.53. The van der Waals surface area contributed by atoms with E-state index in [1.165, 1.54) is 23.0 Å². The first-order chi connectivity index (χ1) is 27.4. The van der Waals surface area contributed by atoms with Crippen molar-refractivity contribution >= 4 is 35.1 Å². The van der Waals surface area contributed by atoms with E-state index < -0.39 is 29.6 Å². The number of halogens is 5. The van der Waals surface area contributed by atoms with Crippen LogP contribution in [0.5, 0.6) is 5.75 Å². The highest BCUT2D eigenvalue weighted by Gasteiger charge is 2.41. The van der Waals surface area contributed by atoms with Crippen molar-refractivity contribution in [1.29, 1.82) is 0 Å². The number of rotatable bonds is 13. The Labute approximate surface area is 357 Å². The summed E-state index contributed by atoms with van der Waals surface area (Å²) >= 11 is 0. The zero-order valence-electron chi connectivity index (χ0n) is 34.0. The number of nitrogens with one attached hydrogen (secondary N) is 3. The van der Waals surface area contributed by atoms with Crippen LogP contribution in [-0.4, -0.2) is 106 Å². The van der Waals surface area contributed by atoms with E-state index >= 15 is 0 Å². The molecule has 3 amide bonds. The molecule has 2 fully saturated rings. The highest BCUT2D eigenvalue weighted by atomic mass is 127. The SMILES string of the molecule is CCc1cc(Nc2nccn3c(-c4ccc(OC(F)F)c(F)c4F)cnc23)ccc1C(=O)NC(C)CNC(=O)C1CC[N+](C)(CC2CN(C(=O)OC(C)(C)C)C2)CC1.[I-]. The van der Waals surface area contributed by atoms with Gasteiger partial charge >= 0.3 is 12.7 Å². The minimum Gasteiger partial charge on any atom is -1.00 e. The van der Waals surface area contributed by atoms with Crippen molar-refractivity contribution in [2.45, 2.75) is 72.1 Å². The normalized spacial score (nSPS) is 18.8. The second-order valence-electron chi connectivity index (χ2n) is 16.5. The number of carbonyl (C=O) groups is 3. The van der Waals surface area contributed by atoms with Crippen molar-refractivity contribution in [3.8, 4) is 17.0 Å². The van der Waals surface area contributed by atoms with Gasteiger partial charge in [-0.25, -0.2) is 19.2 Å². The maximum absolute atomic E-state index is 15.0. The average molecular weight is 939 g/mol. The third-order valence-electron chi connectivity index (χ3n) is 10.6. The number of carbonyl (C=O) groups excluding carboxylic acids is 3. The van der Waals surface area contributed by atoms with Crippen LogP contribution in [0.1, 0.15) is 63.4 Å². The van der Waals surface area contributed by atoms with E-state index in [4.69, 9.17) is 4.74 Å². The molecule has 0 bridgehead atoms. The Morgan fingerprint density at radius 1 is 1.03 bits per heavy atom. The Hall–Kier alpha value is -4.72. The van der Waals surface area contributed by atoms with E-state index in [0.29, 0.717) is 42.5 Å². The Morgan fingerprint density at radius 3 is 2.41 bits per heavy atom. The van der Waals surface area contributed by atoms with Gasteiger partial charge < -0.3 is 58.8 Å². The van der Waals surface area contributed by atoms with Gasteiger partial charge in [0.2, 0.25) is 11.7 Å². The number of alkyl halides is 2. The number of likely N-dealkylation sites (tertiary alicyclic amines) is 2. The minimum atomic E-state index is -3.31. The van der Waals surface area contributed by atoms with Gasteiger partial charge in [-0.3, -0.25) is 14.0 Å². The van der Waals surface area contributed by atoms with Crippen LogP contribution in [0.25, 0.3) is 16.9 Å². The van der Waals surface area contributed by atoms with Crippen molar-refractivity contribution in [3.63, 3.8) is 0 Å². The van der Waals surface area contributed by atoms with Gasteiger partial charge in [0.05, 0.1) is 38.6 Å². The van der Waals surface area contributed by atoms with E-state index in [2.05, 4.69) is 37.7 Å². The van der Waals surface area contributed by atoms with Gasteiger partial charge in [0.1, 0.15) is 5.60 Å². The zero-order valence-corrected chi connectivity index (χ0v) is 36.1. The van der Waals surface area contributed by atoms with E-state index in [-0.39, 0.29) is 77.3 Å². The lowest BCUT2D eigenvalue weighted by Gasteiger charge is -2.47. The van der Waals surface area contributed by atoms with Crippen molar-refractivity contribution in [2.75, 3.05) is 51.6 Å². The molecule has 59 heavy (non-hydrogen) atoms. The smallest absolute Gasteiger partial charge is 0.410 e. The molecule has 13 nitrogen and oxygen atoms in total. The molecule has 0 radical (unpaired) electrons. The molecule has 18 heteroatoms. The highest BCUT2D eigenvalue weighted by Crippen LogP contribution is 2.33. The second kappa shape index (κ2) is 18.7. The largest absolute Gasteiger partial charge is 1.00 e. The predicted octanol–water partition coefficient (Wildman–Crippen LogP) is 3.54. The Morgan fingerprint density at radius 2 is 1.75 bits per heavy atom. The average Bonchev–Trinajstić information content (AvgIpc) is 3.58. The molecule has 320 valence electrons. The maximum atomic E-state index is 15.0. The Bertz CT molecular complexity index is 2150. The number of hydrogen-bond donors (Lipinski definition) is 3. The molecule has 2 aliphatic rings. The zero-order chi connectivity index (χ0) is 41.9. The molecule has 0 spiro atoms. The summed E-state index contributed by atoms with van der Waals surface area (Å²) in [6.45, 7) is 10.4. The number of fused-ring (bicyclic) bond motifs is 1. The van der Waals surface area contributed by atoms with Crippen LogP contribution in [0, 0.1) is 23.5 Å². The Balaban J connectivity index is 0.00000661. The lowest BCUT2D eigenvalue weighted by Crippen LogP contribution is -3.00. The summed E-state index contributed by atoms with van der Waals surface area (Å²) in [4.78, 5) is 49.3. The number of aryl methyl sites for hydroxylation is 1. The number of piperidine rings is 1. The maximum Gasteiger partial charge on any atom is 0.410 e. The molecule has 2 aromatic heterocycles. The number of quaternary nitrogens is 1. The number of benzene rings is 2. The van der Waals surface area contributed by atoms with Crippen LogP contribution >= 0.6 is 0 Å². The summed E-state index contributed by atoms with van der Waals surface area (Å²) < 4.78 is 66.6. The van der Waals surface area contributed by atoms with E-state index in [1.807, 2.05) is 40.7 Å². The van der Waals surface area contributed by atoms with E-state index in [1.54, 1.807) is 17.0 Å². The van der Waals surface area contributed by atoms with Crippen LogP contribution < -0.4 is 44.7 Å². The van der Waals surface area contributed by atoms with Gasteiger partial charge in [-0.1, -0.05) is 6.92 Å². The number of amides is 3. The van der Waals surface area contributed by atoms with Crippen molar-refractivity contribution in [1.82, 2.24) is 29.9 Å². The molecule has 3 N–H and O–H groups in total. The molecule has 2 aromatic carbocycles. The molecule has 1 atom stereocenters. The first-order valence-corrected chi connectivity index (χ1v) is 19.5. The molecule has 4 aromatic rings. The van der Waals surface area contributed by atoms with Gasteiger partial charge in [0.15, 0.2) is 23.0 Å². The number of hydrogen-bond acceptors (Lipinski definition) is 8. The minimum absolute atomic E-state index is 0. The van der Waals surface area contributed by atoms with Crippen molar-refractivity contribution in [3.05, 3.63) is 71.7 Å². The molecule has 2 aliphatic heterocycles. The predicted molar refractivity (Wildman–Crippen MR) is 209 cm³/mol. The lowest BCUT2D eigenvalue weighted by molar-refractivity contribution is -0.918. The van der Waals surface area contributed by atoms with Gasteiger partial charge in [0.25, 0.3) is 5.91 Å². The quantitative estimate of drug-likeness (QED) is 0.105. The molecular weight excluding hydrogens is 887 g/mol. The first kappa shape index (κ1) is 45.4. The number of anilines is 2. The van der Waals surface area contributed by atoms with Gasteiger partial charge in [-0.05, 0) is 70.0 Å². The van der Waals surface area contributed by atoms with Gasteiger partial charge in [-0.2, -0.15) is 13.2 Å².